The van der Waals surface area contributed by atoms with Crippen molar-refractivity contribution >= 4 is 12.1 Å². The first kappa shape index (κ1) is 19.3. The van der Waals surface area contributed by atoms with Crippen molar-refractivity contribution in [1.29, 1.82) is 0 Å². The lowest BCUT2D eigenvalue weighted by molar-refractivity contribution is -0.135. The van der Waals surface area contributed by atoms with E-state index in [1.807, 2.05) is 58.0 Å². The van der Waals surface area contributed by atoms with Gasteiger partial charge < -0.3 is 15.2 Å². The van der Waals surface area contributed by atoms with Gasteiger partial charge in [0.25, 0.3) is 0 Å². The topological polar surface area (TPSA) is 75.6 Å². The normalized spacial score (nSPS) is 8.00. The molecule has 0 fully saturated rings. The van der Waals surface area contributed by atoms with Gasteiger partial charge in [0.1, 0.15) is 13.2 Å². The maximum absolute atomic E-state index is 10.9. The molecule has 0 aliphatic carbocycles. The Morgan fingerprint density at radius 3 is 2.11 bits per heavy atom. The largest absolute Gasteiger partial charge is 0.480 e. The van der Waals surface area contributed by atoms with Crippen LogP contribution in [0.15, 0.2) is 30.3 Å². The molecule has 2 N–H and O–H groups in total. The Labute approximate surface area is 114 Å². The summed E-state index contributed by atoms with van der Waals surface area (Å²) in [6.07, 6.45) is -0.735. The van der Waals surface area contributed by atoms with Crippen LogP contribution in [0.4, 0.5) is 4.79 Å². The fourth-order valence-corrected chi connectivity index (χ4v) is 0.922. The predicted molar refractivity (Wildman–Crippen MR) is 75.0 cm³/mol. The van der Waals surface area contributed by atoms with Crippen molar-refractivity contribution < 1.29 is 19.4 Å². The summed E-state index contributed by atoms with van der Waals surface area (Å²) < 4.78 is 4.77. The highest BCUT2D eigenvalue weighted by molar-refractivity contribution is 5.76. The van der Waals surface area contributed by atoms with Gasteiger partial charge in [0.2, 0.25) is 0 Å². The van der Waals surface area contributed by atoms with Crippen LogP contribution in [0.25, 0.3) is 0 Å². The molecule has 1 amide bonds. The van der Waals surface area contributed by atoms with Gasteiger partial charge in [0, 0.05) is 0 Å². The summed E-state index contributed by atoms with van der Waals surface area (Å²) in [6, 6.07) is 9.13. The minimum Gasteiger partial charge on any atom is -0.480 e. The quantitative estimate of drug-likeness (QED) is 0.880. The number of hydrogen-bond acceptors (Lipinski definition) is 3. The molecule has 1 aromatic carbocycles. The predicted octanol–water partition coefficient (Wildman–Crippen LogP) is 3.05. The van der Waals surface area contributed by atoms with Crippen LogP contribution in [-0.2, 0) is 16.1 Å². The Bertz CT molecular complexity index is 339. The third-order valence-corrected chi connectivity index (χ3v) is 1.60. The van der Waals surface area contributed by atoms with E-state index in [2.05, 4.69) is 5.32 Å². The van der Waals surface area contributed by atoms with Crippen LogP contribution in [-0.4, -0.2) is 23.7 Å². The van der Waals surface area contributed by atoms with Crippen LogP contribution < -0.4 is 5.32 Å². The lowest BCUT2D eigenvalue weighted by Crippen LogP contribution is -2.29. The second kappa shape index (κ2) is 14.0. The molecule has 0 bridgehead atoms. The molecule has 0 aliphatic heterocycles. The van der Waals surface area contributed by atoms with Crippen LogP contribution in [0, 0.1) is 0 Å². The van der Waals surface area contributed by atoms with Crippen molar-refractivity contribution in [2.45, 2.75) is 34.3 Å². The maximum Gasteiger partial charge on any atom is 0.407 e. The molecule has 0 unspecified atom stereocenters. The number of carboxylic acids is 1. The number of amides is 1. The first-order valence-electron chi connectivity index (χ1n) is 6.35. The molecule has 0 saturated heterocycles. The number of carboxylic acid groups (broad SMARTS) is 1. The van der Waals surface area contributed by atoms with Gasteiger partial charge in [-0.3, -0.25) is 4.79 Å². The highest BCUT2D eigenvalue weighted by Gasteiger charge is 2.04. The van der Waals surface area contributed by atoms with Crippen LogP contribution >= 0.6 is 0 Å². The monoisotopic (exact) mass is 269 g/mol. The minimum atomic E-state index is -1.10. The number of carbonyl (C=O) groups excluding carboxylic acids is 1. The number of carbonyl (C=O) groups is 2. The Kier molecular flexibility index (Phi) is 14.2. The minimum absolute atomic E-state index is 0.131. The average Bonchev–Trinajstić information content (AvgIpc) is 2.48. The zero-order valence-electron chi connectivity index (χ0n) is 12.0. The van der Waals surface area contributed by atoms with E-state index in [-0.39, 0.29) is 6.61 Å². The number of rotatable bonds is 4. The highest BCUT2D eigenvalue weighted by Crippen LogP contribution is 2.00. The number of alkyl carbamates (subject to hydrolysis) is 1. The van der Waals surface area contributed by atoms with Crippen LogP contribution in [0.2, 0.25) is 0 Å². The van der Waals surface area contributed by atoms with Crippen molar-refractivity contribution in [2.24, 2.45) is 0 Å². The molecule has 0 spiro atoms. The highest BCUT2D eigenvalue weighted by atomic mass is 16.5. The average molecular weight is 269 g/mol. The maximum atomic E-state index is 10.9. The smallest absolute Gasteiger partial charge is 0.407 e. The second-order valence-electron chi connectivity index (χ2n) is 2.81. The van der Waals surface area contributed by atoms with Gasteiger partial charge in [-0.05, 0) is 5.56 Å². The van der Waals surface area contributed by atoms with Crippen molar-refractivity contribution in [1.82, 2.24) is 5.32 Å². The molecule has 0 aromatic heterocycles. The van der Waals surface area contributed by atoms with Gasteiger partial charge in [-0.25, -0.2) is 4.79 Å². The molecule has 0 aliphatic rings. The molecule has 0 saturated carbocycles. The van der Waals surface area contributed by atoms with Gasteiger partial charge in [-0.15, -0.1) is 0 Å². The molecule has 0 atom stereocenters. The SMILES string of the molecule is CC.CC.O=C(O)CNC(=O)OCc1ccccc1. The molecule has 5 nitrogen and oxygen atoms in total. The lowest BCUT2D eigenvalue weighted by atomic mass is 10.2. The van der Waals surface area contributed by atoms with Gasteiger partial charge in [0.15, 0.2) is 0 Å². The summed E-state index contributed by atoms with van der Waals surface area (Å²) in [5, 5.41) is 10.4. The van der Waals surface area contributed by atoms with E-state index in [1.165, 1.54) is 0 Å². The van der Waals surface area contributed by atoms with E-state index in [9.17, 15) is 9.59 Å². The number of benzene rings is 1. The molecule has 5 heteroatoms. The van der Waals surface area contributed by atoms with Gasteiger partial charge >= 0.3 is 12.1 Å². The molecule has 1 aromatic rings. The number of hydrogen-bond donors (Lipinski definition) is 2. The first-order valence-corrected chi connectivity index (χ1v) is 6.35. The van der Waals surface area contributed by atoms with E-state index in [4.69, 9.17) is 9.84 Å². The molecular weight excluding hydrogens is 246 g/mol. The molecule has 19 heavy (non-hydrogen) atoms. The fourth-order valence-electron chi connectivity index (χ4n) is 0.922. The summed E-state index contributed by atoms with van der Waals surface area (Å²) in [5.41, 5.74) is 0.850. The molecule has 1 rings (SSSR count). The second-order valence-corrected chi connectivity index (χ2v) is 2.81. The molecule has 0 heterocycles. The van der Waals surface area contributed by atoms with Gasteiger partial charge in [-0.1, -0.05) is 58.0 Å². The van der Waals surface area contributed by atoms with Gasteiger partial charge in [-0.2, -0.15) is 0 Å². The number of aliphatic carboxylic acids is 1. The zero-order valence-corrected chi connectivity index (χ0v) is 12.0. The van der Waals surface area contributed by atoms with E-state index < -0.39 is 18.6 Å². The van der Waals surface area contributed by atoms with Gasteiger partial charge in [0.05, 0.1) is 0 Å². The number of ether oxygens (including phenoxy) is 1. The Morgan fingerprint density at radius 1 is 1.11 bits per heavy atom. The summed E-state index contributed by atoms with van der Waals surface area (Å²) >= 11 is 0. The number of nitrogens with one attached hydrogen (secondary N) is 1. The van der Waals surface area contributed by atoms with E-state index in [1.54, 1.807) is 0 Å². The van der Waals surface area contributed by atoms with Crippen molar-refractivity contribution in [3.63, 3.8) is 0 Å². The summed E-state index contributed by atoms with van der Waals surface area (Å²) in [7, 11) is 0. The lowest BCUT2D eigenvalue weighted by Gasteiger charge is -2.04. The molecule has 108 valence electrons. The third kappa shape index (κ3) is 12.2. The van der Waals surface area contributed by atoms with Crippen LogP contribution in [0.1, 0.15) is 33.3 Å². The summed E-state index contributed by atoms with van der Waals surface area (Å²) in [5.74, 6) is -1.10. The van der Waals surface area contributed by atoms with Crippen molar-refractivity contribution in [2.75, 3.05) is 6.54 Å². The third-order valence-electron chi connectivity index (χ3n) is 1.60. The van der Waals surface area contributed by atoms with E-state index in [0.29, 0.717) is 0 Å². The Hall–Kier alpha value is -2.04. The van der Waals surface area contributed by atoms with Crippen LogP contribution in [0.5, 0.6) is 0 Å². The van der Waals surface area contributed by atoms with E-state index in [0.717, 1.165) is 5.56 Å². The Morgan fingerprint density at radius 2 is 1.63 bits per heavy atom. The van der Waals surface area contributed by atoms with Crippen LogP contribution in [0.3, 0.4) is 0 Å². The first-order chi connectivity index (χ1) is 9.18. The summed E-state index contributed by atoms with van der Waals surface area (Å²) in [4.78, 5) is 21.0. The Balaban J connectivity index is 0. The van der Waals surface area contributed by atoms with E-state index >= 15 is 0 Å². The molecular formula is C14H23NO4. The van der Waals surface area contributed by atoms with Crippen molar-refractivity contribution in [3.8, 4) is 0 Å². The summed E-state index contributed by atoms with van der Waals surface area (Å²) in [6.45, 7) is 7.69. The van der Waals surface area contributed by atoms with Crippen molar-refractivity contribution in [3.05, 3.63) is 35.9 Å². The molecule has 0 radical (unpaired) electrons. The standard InChI is InChI=1S/C10H11NO4.2C2H6/c12-9(13)6-11-10(14)15-7-8-4-2-1-3-5-8;2*1-2/h1-5H,6-7H2,(H,11,14)(H,12,13);2*1-2H3. The fraction of sp³-hybridized carbons (Fsp3) is 0.429. The zero-order chi connectivity index (χ0) is 15.1.